The number of carbonyl (C=O) groups excluding carboxylic acids is 1. The van der Waals surface area contributed by atoms with Gasteiger partial charge in [0.2, 0.25) is 5.91 Å². The summed E-state index contributed by atoms with van der Waals surface area (Å²) in [4.78, 5) is 13.1. The van der Waals surface area contributed by atoms with Gasteiger partial charge in [0.15, 0.2) is 0 Å². The van der Waals surface area contributed by atoms with Gasteiger partial charge in [-0.3, -0.25) is 4.79 Å². The van der Waals surface area contributed by atoms with Crippen LogP contribution in [-0.2, 0) is 4.79 Å². The summed E-state index contributed by atoms with van der Waals surface area (Å²) in [5, 5.41) is 13.6. The van der Waals surface area contributed by atoms with Gasteiger partial charge in [0.25, 0.3) is 0 Å². The maximum absolute atomic E-state index is 13.1. The average molecular weight is 462 g/mol. The molecule has 1 aliphatic heterocycles. The van der Waals surface area contributed by atoms with Crippen molar-refractivity contribution in [3.8, 4) is 5.75 Å². The largest absolute Gasteiger partial charge is 0.491 e. The predicted octanol–water partition coefficient (Wildman–Crippen LogP) is 5.56. The number of halogens is 2. The minimum absolute atomic E-state index is 0.0413. The second-order valence-corrected chi connectivity index (χ2v) is 9.62. The Labute approximate surface area is 193 Å². The fourth-order valence-corrected chi connectivity index (χ4v) is 6.39. The Bertz CT molecular complexity index is 948. The van der Waals surface area contributed by atoms with E-state index in [-0.39, 0.29) is 48.3 Å². The Kier molecular flexibility index (Phi) is 6.52. The number of ether oxygens (including phenoxy) is 1. The smallest absolute Gasteiger partial charge is 0.226 e. The zero-order valence-corrected chi connectivity index (χ0v) is 19.4. The fraction of sp³-hybridized carbons (Fsp3) is 0.480. The van der Waals surface area contributed by atoms with Crippen molar-refractivity contribution in [2.24, 2.45) is 11.3 Å². The highest BCUT2D eigenvalue weighted by Gasteiger charge is 2.59. The fourth-order valence-electron chi connectivity index (χ4n) is 5.96. The standard InChI is InChI=1S/C25H29Cl2NO3/c1-3-25-11-10-20(19-9-8-18(14-21(19)27)31-13-12-29)22(16-4-6-17(26)7-5-16)23(25)15(2)28-24(25)30/h4-9,14-15,20,22-23,29H,3,10-13H2,1-2H3,(H,28,30)/t15-,20+,22+,23+,25-/m1/s1. The molecule has 31 heavy (non-hydrogen) atoms. The van der Waals surface area contributed by atoms with Gasteiger partial charge in [0.1, 0.15) is 12.4 Å². The lowest BCUT2D eigenvalue weighted by atomic mass is 9.54. The van der Waals surface area contributed by atoms with Gasteiger partial charge in [-0.05, 0) is 73.4 Å². The molecule has 1 aliphatic carbocycles. The second-order valence-electron chi connectivity index (χ2n) is 8.78. The molecular formula is C25H29Cl2NO3. The summed E-state index contributed by atoms with van der Waals surface area (Å²) in [7, 11) is 0. The van der Waals surface area contributed by atoms with Crippen molar-refractivity contribution in [1.82, 2.24) is 5.32 Å². The molecule has 0 aromatic heterocycles. The van der Waals surface area contributed by atoms with Gasteiger partial charge in [-0.2, -0.15) is 0 Å². The summed E-state index contributed by atoms with van der Waals surface area (Å²) in [5.41, 5.74) is 1.92. The Hall–Kier alpha value is -1.75. The summed E-state index contributed by atoms with van der Waals surface area (Å²) in [6, 6.07) is 13.9. The zero-order chi connectivity index (χ0) is 22.2. The predicted molar refractivity (Wildman–Crippen MR) is 124 cm³/mol. The SMILES string of the molecule is CC[C@@]12CC[C@@H](c3ccc(OCCO)cc3Cl)[C@H](c3ccc(Cl)cc3)[C@@H]1[C@@H](C)NC2=O. The van der Waals surface area contributed by atoms with E-state index < -0.39 is 0 Å². The van der Waals surface area contributed by atoms with E-state index in [1.54, 1.807) is 0 Å². The van der Waals surface area contributed by atoms with Crippen LogP contribution in [0.1, 0.15) is 56.1 Å². The number of aliphatic hydroxyl groups excluding tert-OH is 1. The molecule has 2 N–H and O–H groups in total. The van der Waals surface area contributed by atoms with Crippen molar-refractivity contribution in [1.29, 1.82) is 0 Å². The highest BCUT2D eigenvalue weighted by molar-refractivity contribution is 6.31. The number of fused-ring (bicyclic) bond motifs is 1. The third-order valence-electron chi connectivity index (χ3n) is 7.33. The molecule has 2 aromatic rings. The molecule has 2 fully saturated rings. The van der Waals surface area contributed by atoms with E-state index in [4.69, 9.17) is 33.0 Å². The van der Waals surface area contributed by atoms with E-state index >= 15 is 0 Å². The first-order valence-electron chi connectivity index (χ1n) is 11.0. The van der Waals surface area contributed by atoms with E-state index in [1.807, 2.05) is 30.3 Å². The highest BCUT2D eigenvalue weighted by Crippen LogP contribution is 2.60. The Morgan fingerprint density at radius 1 is 1.19 bits per heavy atom. The Morgan fingerprint density at radius 2 is 1.94 bits per heavy atom. The molecule has 1 saturated heterocycles. The monoisotopic (exact) mass is 461 g/mol. The molecule has 6 heteroatoms. The minimum atomic E-state index is -0.350. The van der Waals surface area contributed by atoms with Crippen LogP contribution in [0.15, 0.2) is 42.5 Å². The van der Waals surface area contributed by atoms with E-state index in [9.17, 15) is 4.79 Å². The maximum Gasteiger partial charge on any atom is 0.226 e. The van der Waals surface area contributed by atoms with E-state index in [0.717, 1.165) is 24.8 Å². The average Bonchev–Trinajstić information content (AvgIpc) is 3.03. The van der Waals surface area contributed by atoms with Gasteiger partial charge in [0, 0.05) is 22.0 Å². The molecule has 4 rings (SSSR count). The summed E-state index contributed by atoms with van der Waals surface area (Å²) in [5.74, 6) is 1.33. The summed E-state index contributed by atoms with van der Waals surface area (Å²) < 4.78 is 5.53. The van der Waals surface area contributed by atoms with Gasteiger partial charge < -0.3 is 15.2 Å². The summed E-state index contributed by atoms with van der Waals surface area (Å²) >= 11 is 12.9. The highest BCUT2D eigenvalue weighted by atomic mass is 35.5. The quantitative estimate of drug-likeness (QED) is 0.591. The number of nitrogens with one attached hydrogen (secondary N) is 1. The van der Waals surface area contributed by atoms with Crippen LogP contribution in [-0.4, -0.2) is 30.3 Å². The van der Waals surface area contributed by atoms with Crippen molar-refractivity contribution in [3.63, 3.8) is 0 Å². The maximum atomic E-state index is 13.1. The molecule has 4 nitrogen and oxygen atoms in total. The molecule has 1 amide bonds. The van der Waals surface area contributed by atoms with Crippen molar-refractivity contribution >= 4 is 29.1 Å². The lowest BCUT2D eigenvalue weighted by molar-refractivity contribution is -0.131. The summed E-state index contributed by atoms with van der Waals surface area (Å²) in [6.07, 6.45) is 2.55. The van der Waals surface area contributed by atoms with Crippen molar-refractivity contribution < 1.29 is 14.6 Å². The number of carbonyl (C=O) groups is 1. The number of rotatable bonds is 6. The van der Waals surface area contributed by atoms with Crippen molar-refractivity contribution in [2.45, 2.75) is 51.0 Å². The molecular weight excluding hydrogens is 433 g/mol. The summed E-state index contributed by atoms with van der Waals surface area (Å²) in [6.45, 7) is 4.45. The van der Waals surface area contributed by atoms with Gasteiger partial charge in [-0.25, -0.2) is 0 Å². The third kappa shape index (κ3) is 3.94. The van der Waals surface area contributed by atoms with Crippen molar-refractivity contribution in [2.75, 3.05) is 13.2 Å². The van der Waals surface area contributed by atoms with Gasteiger partial charge in [-0.1, -0.05) is 48.3 Å². The molecule has 5 atom stereocenters. The normalized spacial score (nSPS) is 30.0. The number of aliphatic hydroxyl groups is 1. The van der Waals surface area contributed by atoms with Crippen LogP contribution < -0.4 is 10.1 Å². The first kappa shape index (κ1) is 22.4. The van der Waals surface area contributed by atoms with Gasteiger partial charge in [-0.15, -0.1) is 0 Å². The molecule has 0 radical (unpaired) electrons. The second kappa shape index (κ2) is 9.01. The Morgan fingerprint density at radius 3 is 2.58 bits per heavy atom. The van der Waals surface area contributed by atoms with Crippen molar-refractivity contribution in [3.05, 3.63) is 63.6 Å². The zero-order valence-electron chi connectivity index (χ0n) is 17.9. The van der Waals surface area contributed by atoms with E-state index in [2.05, 4.69) is 31.3 Å². The first-order valence-corrected chi connectivity index (χ1v) is 11.8. The molecule has 1 heterocycles. The Balaban J connectivity index is 1.79. The molecule has 0 bridgehead atoms. The van der Waals surface area contributed by atoms with Crippen LogP contribution in [0.3, 0.4) is 0 Å². The van der Waals surface area contributed by atoms with Crippen LogP contribution in [0.25, 0.3) is 0 Å². The van der Waals surface area contributed by atoms with E-state index in [0.29, 0.717) is 15.8 Å². The molecule has 1 saturated carbocycles. The first-order chi connectivity index (χ1) is 14.9. The van der Waals surface area contributed by atoms with Crippen LogP contribution in [0.4, 0.5) is 0 Å². The number of amides is 1. The lowest BCUT2D eigenvalue weighted by Crippen LogP contribution is -2.43. The minimum Gasteiger partial charge on any atom is -0.491 e. The molecule has 0 spiro atoms. The third-order valence-corrected chi connectivity index (χ3v) is 7.91. The molecule has 2 aromatic carbocycles. The number of hydrogen-bond acceptors (Lipinski definition) is 3. The molecule has 166 valence electrons. The van der Waals surface area contributed by atoms with Crippen LogP contribution in [0.5, 0.6) is 5.75 Å². The van der Waals surface area contributed by atoms with E-state index in [1.165, 1.54) is 5.56 Å². The topological polar surface area (TPSA) is 58.6 Å². The van der Waals surface area contributed by atoms with Gasteiger partial charge in [0.05, 0.1) is 12.0 Å². The molecule has 0 unspecified atom stereocenters. The van der Waals surface area contributed by atoms with Crippen LogP contribution in [0.2, 0.25) is 10.0 Å². The van der Waals surface area contributed by atoms with Crippen LogP contribution >= 0.6 is 23.2 Å². The van der Waals surface area contributed by atoms with Crippen LogP contribution in [0, 0.1) is 11.3 Å². The number of hydrogen-bond donors (Lipinski definition) is 2. The van der Waals surface area contributed by atoms with Gasteiger partial charge >= 0.3 is 0 Å². The lowest BCUT2D eigenvalue weighted by Gasteiger charge is -2.47. The number of benzene rings is 2. The molecule has 2 aliphatic rings.